The maximum Gasteiger partial charge on any atom is 0.321 e. The van der Waals surface area contributed by atoms with Gasteiger partial charge in [0.05, 0.1) is 12.8 Å². The molecule has 0 saturated heterocycles. The molecule has 0 fully saturated rings. The molecule has 0 bridgehead atoms. The van der Waals surface area contributed by atoms with E-state index in [0.717, 1.165) is 5.56 Å². The van der Waals surface area contributed by atoms with Crippen LogP contribution in [-0.2, 0) is 25.6 Å². The zero-order valence-corrected chi connectivity index (χ0v) is 15.4. The van der Waals surface area contributed by atoms with Crippen LogP contribution in [0.2, 0.25) is 0 Å². The normalized spacial score (nSPS) is 11.6. The molecular formula is C16H26N4O9. The number of phenolic OH excluding ortho intramolecular Hbond substituents is 2. The molecule has 13 nitrogen and oxygen atoms in total. The second kappa shape index (κ2) is 14.6. The van der Waals surface area contributed by atoms with Crippen molar-refractivity contribution in [3.8, 4) is 11.5 Å². The van der Waals surface area contributed by atoms with Gasteiger partial charge < -0.3 is 48.5 Å². The molecule has 2 atom stereocenters. The number of rotatable bonds is 8. The lowest BCUT2D eigenvalue weighted by Crippen LogP contribution is -2.34. The van der Waals surface area contributed by atoms with Crippen molar-refractivity contribution in [3.63, 3.8) is 0 Å². The number of phenols is 2. The lowest BCUT2D eigenvalue weighted by molar-refractivity contribution is -0.144. The van der Waals surface area contributed by atoms with Gasteiger partial charge in [0, 0.05) is 0 Å². The molecule has 1 rings (SSSR count). The quantitative estimate of drug-likeness (QED) is 0.202. The predicted octanol–water partition coefficient (Wildman–Crippen LogP) is -2.25. The highest BCUT2D eigenvalue weighted by molar-refractivity contribution is 5.83. The number of hydrogen-bond donors (Lipinski definition) is 9. The molecule has 0 aliphatic heterocycles. The Bertz CT molecular complexity index is 665. The fourth-order valence-corrected chi connectivity index (χ4v) is 1.47. The molecule has 0 spiro atoms. The van der Waals surface area contributed by atoms with Crippen LogP contribution < -0.4 is 22.9 Å². The van der Waals surface area contributed by atoms with Crippen LogP contribution in [0.3, 0.4) is 0 Å². The van der Waals surface area contributed by atoms with Gasteiger partial charge in [-0.05, 0) is 30.7 Å². The van der Waals surface area contributed by atoms with Gasteiger partial charge in [0.25, 0.3) is 0 Å². The Kier molecular flexibility index (Phi) is 14.0. The number of carboxylic acids is 3. The van der Waals surface area contributed by atoms with E-state index in [-0.39, 0.29) is 17.9 Å². The number of carbonyl (C=O) groups is 4. The fraction of sp³-hybridized carbons (Fsp3) is 0.375. The molecule has 0 aliphatic carbocycles. The molecule has 0 unspecified atom stereocenters. The summed E-state index contributed by atoms with van der Waals surface area (Å²) in [4.78, 5) is 39.5. The largest absolute Gasteiger partial charge is 0.504 e. The first kappa shape index (κ1) is 27.8. The minimum absolute atomic E-state index is 0.0871. The van der Waals surface area contributed by atoms with Gasteiger partial charge in [-0.3, -0.25) is 19.2 Å². The molecule has 29 heavy (non-hydrogen) atoms. The summed E-state index contributed by atoms with van der Waals surface area (Å²) in [6.45, 7) is 0.546. The van der Waals surface area contributed by atoms with Gasteiger partial charge in [0.1, 0.15) is 12.1 Å². The molecule has 1 aromatic rings. The van der Waals surface area contributed by atoms with Gasteiger partial charge >= 0.3 is 17.9 Å². The summed E-state index contributed by atoms with van der Waals surface area (Å²) in [6, 6.07) is 2.26. The van der Waals surface area contributed by atoms with E-state index >= 15 is 0 Å². The summed E-state index contributed by atoms with van der Waals surface area (Å²) in [5.41, 5.74) is 20.6. The molecule has 0 radical (unpaired) electrons. The van der Waals surface area contributed by atoms with Crippen LogP contribution in [0.15, 0.2) is 18.2 Å². The summed E-state index contributed by atoms with van der Waals surface area (Å²) < 4.78 is 0. The van der Waals surface area contributed by atoms with Crippen LogP contribution in [0.5, 0.6) is 11.5 Å². The smallest absolute Gasteiger partial charge is 0.321 e. The molecule has 1 amide bonds. The maximum atomic E-state index is 9.99. The second-order valence-corrected chi connectivity index (χ2v) is 5.52. The van der Waals surface area contributed by atoms with Crippen molar-refractivity contribution in [1.29, 1.82) is 0 Å². The predicted molar refractivity (Wildman–Crippen MR) is 99.8 cm³/mol. The Balaban J connectivity index is 0. The zero-order chi connectivity index (χ0) is 23.1. The van der Waals surface area contributed by atoms with Gasteiger partial charge in [-0.25, -0.2) is 0 Å². The highest BCUT2D eigenvalue weighted by Gasteiger charge is 2.14. The van der Waals surface area contributed by atoms with Gasteiger partial charge in [-0.1, -0.05) is 6.07 Å². The van der Waals surface area contributed by atoms with Crippen LogP contribution in [-0.4, -0.2) is 68.0 Å². The first-order valence-electron chi connectivity index (χ1n) is 7.99. The first-order valence-corrected chi connectivity index (χ1v) is 7.99. The van der Waals surface area contributed by atoms with E-state index in [1.165, 1.54) is 12.1 Å². The summed E-state index contributed by atoms with van der Waals surface area (Å²) in [7, 11) is 0. The minimum Gasteiger partial charge on any atom is -0.504 e. The highest BCUT2D eigenvalue weighted by atomic mass is 16.4. The first-order chi connectivity index (χ1) is 13.3. The number of nitrogens with two attached hydrogens (primary N) is 4. The Morgan fingerprint density at radius 1 is 0.862 bits per heavy atom. The highest BCUT2D eigenvalue weighted by Crippen LogP contribution is 2.24. The minimum atomic E-state index is -1.29. The average molecular weight is 418 g/mol. The molecule has 0 aliphatic rings. The molecule has 13 heteroatoms. The summed E-state index contributed by atoms with van der Waals surface area (Å²) in [5, 5.41) is 42.1. The van der Waals surface area contributed by atoms with Gasteiger partial charge in [-0.2, -0.15) is 0 Å². The average Bonchev–Trinajstić information content (AvgIpc) is 2.58. The number of primary amides is 1. The van der Waals surface area contributed by atoms with Crippen molar-refractivity contribution in [2.45, 2.75) is 31.3 Å². The van der Waals surface area contributed by atoms with Crippen molar-refractivity contribution >= 4 is 23.8 Å². The second-order valence-electron chi connectivity index (χ2n) is 5.52. The maximum absolute atomic E-state index is 9.99. The molecule has 164 valence electrons. The molecule has 0 aromatic heterocycles. The SMILES string of the molecule is NC(=O)C[C@H](N)C(=O)O.NCCc1ccc(O)c(O)c1.N[C@@H](CC(=O)O)C(=O)O. The summed E-state index contributed by atoms with van der Waals surface area (Å²) in [6.07, 6.45) is -0.126. The van der Waals surface area contributed by atoms with Crippen molar-refractivity contribution in [3.05, 3.63) is 23.8 Å². The standard InChI is InChI=1S/C8H11NO2.C4H8N2O3.C4H7NO4/c9-4-3-6-1-2-7(10)8(11)5-6;2*5-2(4(8)9)1-3(6)7/h1-2,5,10-11H,3-4,9H2;2H,1,5H2,(H2,6,7)(H,8,9);2H,1,5H2,(H,6,7)(H,8,9)/t;2*2-/m.00/s1. The van der Waals surface area contributed by atoms with E-state index in [1.54, 1.807) is 6.07 Å². The molecule has 1 aromatic carbocycles. The van der Waals surface area contributed by atoms with Crippen LogP contribution in [0.1, 0.15) is 18.4 Å². The van der Waals surface area contributed by atoms with E-state index in [9.17, 15) is 19.2 Å². The zero-order valence-electron chi connectivity index (χ0n) is 15.4. The van der Waals surface area contributed by atoms with Crippen molar-refractivity contribution in [2.75, 3.05) is 6.54 Å². The summed E-state index contributed by atoms with van der Waals surface area (Å²) in [5.74, 6) is -4.59. The van der Waals surface area contributed by atoms with Gasteiger partial charge in [0.15, 0.2) is 11.5 Å². The number of aliphatic carboxylic acids is 3. The van der Waals surface area contributed by atoms with Gasteiger partial charge in [0.2, 0.25) is 5.91 Å². The van der Waals surface area contributed by atoms with Crippen molar-refractivity contribution in [1.82, 2.24) is 0 Å². The molecule has 0 heterocycles. The van der Waals surface area contributed by atoms with Crippen molar-refractivity contribution in [2.24, 2.45) is 22.9 Å². The van der Waals surface area contributed by atoms with Crippen LogP contribution >= 0.6 is 0 Å². The molecule has 13 N–H and O–H groups in total. The number of carbonyl (C=O) groups excluding carboxylic acids is 1. The van der Waals surface area contributed by atoms with Crippen LogP contribution in [0.4, 0.5) is 0 Å². The molecular weight excluding hydrogens is 392 g/mol. The third-order valence-electron chi connectivity index (χ3n) is 2.92. The van der Waals surface area contributed by atoms with Crippen LogP contribution in [0.25, 0.3) is 0 Å². The van der Waals surface area contributed by atoms with Crippen molar-refractivity contribution < 1.29 is 44.7 Å². The summed E-state index contributed by atoms with van der Waals surface area (Å²) >= 11 is 0. The van der Waals surface area contributed by atoms with E-state index in [1.807, 2.05) is 0 Å². The fourth-order valence-electron chi connectivity index (χ4n) is 1.47. The van der Waals surface area contributed by atoms with E-state index in [2.05, 4.69) is 5.73 Å². The Hall–Kier alpha value is -3.42. The Morgan fingerprint density at radius 3 is 1.62 bits per heavy atom. The van der Waals surface area contributed by atoms with E-state index in [4.69, 9.17) is 42.7 Å². The number of aromatic hydroxyl groups is 2. The van der Waals surface area contributed by atoms with Gasteiger partial charge in [-0.15, -0.1) is 0 Å². The monoisotopic (exact) mass is 418 g/mol. The Morgan fingerprint density at radius 2 is 1.34 bits per heavy atom. The lowest BCUT2D eigenvalue weighted by atomic mass is 10.1. The van der Waals surface area contributed by atoms with E-state index < -0.39 is 42.3 Å². The third-order valence-corrected chi connectivity index (χ3v) is 2.92. The Labute approximate surface area is 165 Å². The molecule has 0 saturated carbocycles. The third kappa shape index (κ3) is 15.3. The number of amides is 1. The topological polar surface area (TPSA) is 274 Å². The number of hydrogen-bond acceptors (Lipinski definition) is 9. The van der Waals surface area contributed by atoms with E-state index in [0.29, 0.717) is 13.0 Å². The van der Waals surface area contributed by atoms with Crippen LogP contribution in [0, 0.1) is 0 Å². The lowest BCUT2D eigenvalue weighted by Gasteiger charge is -2.00. The number of carboxylic acid groups (broad SMARTS) is 3. The number of benzene rings is 1.